The maximum atomic E-state index is 12.5. The van der Waals surface area contributed by atoms with Crippen LogP contribution >= 0.6 is 11.6 Å². The number of nitrogens with one attached hydrogen (secondary N) is 1. The minimum atomic E-state index is -4.75. The van der Waals surface area contributed by atoms with Gasteiger partial charge in [-0.05, 0) is 48.0 Å². The fraction of sp³-hybridized carbons (Fsp3) is 0.0909. The van der Waals surface area contributed by atoms with Crippen molar-refractivity contribution in [3.05, 3.63) is 83.1 Å². The molecule has 32 heavy (non-hydrogen) atoms. The Morgan fingerprint density at radius 2 is 1.97 bits per heavy atom. The summed E-state index contributed by atoms with van der Waals surface area (Å²) in [6.45, 7) is 0.341. The molecule has 4 rings (SSSR count). The van der Waals surface area contributed by atoms with Crippen molar-refractivity contribution in [3.63, 3.8) is 0 Å². The molecule has 0 aliphatic carbocycles. The molecule has 2 heterocycles. The lowest BCUT2D eigenvalue weighted by Crippen LogP contribution is -2.17. The summed E-state index contributed by atoms with van der Waals surface area (Å²) in [5.41, 5.74) is 2.05. The molecule has 0 unspecified atom stereocenters. The number of rotatable bonds is 6. The van der Waals surface area contributed by atoms with Crippen LogP contribution < -0.4 is 10.1 Å². The molecule has 4 aromatic rings. The number of carboxylic acid groups (broad SMARTS) is 1. The number of hydrogen-bond acceptors (Lipinski definition) is 4. The molecule has 0 aliphatic rings. The monoisotopic (exact) mass is 461 g/mol. The Balaban J connectivity index is 1.57. The van der Waals surface area contributed by atoms with Crippen molar-refractivity contribution < 1.29 is 27.8 Å². The van der Waals surface area contributed by atoms with E-state index in [2.05, 4.69) is 15.0 Å². The molecule has 0 saturated heterocycles. The van der Waals surface area contributed by atoms with Crippen LogP contribution in [0.25, 0.3) is 10.9 Å². The van der Waals surface area contributed by atoms with E-state index in [0.717, 1.165) is 10.9 Å². The molecule has 6 nitrogen and oxygen atoms in total. The number of hydrogen-bond donors (Lipinski definition) is 2. The molecule has 0 spiro atoms. The zero-order chi connectivity index (χ0) is 22.9. The maximum absolute atomic E-state index is 12.5. The lowest BCUT2D eigenvalue weighted by atomic mass is 10.2. The number of ether oxygens (including phenoxy) is 1. The Morgan fingerprint density at radius 1 is 1.16 bits per heavy atom. The number of benzene rings is 2. The number of alkyl halides is 3. The normalized spacial score (nSPS) is 11.5. The highest BCUT2D eigenvalue weighted by Gasteiger charge is 2.31. The Morgan fingerprint density at radius 3 is 2.72 bits per heavy atom. The van der Waals surface area contributed by atoms with Gasteiger partial charge in [-0.3, -0.25) is 0 Å². The molecule has 2 aromatic carbocycles. The van der Waals surface area contributed by atoms with E-state index < -0.39 is 12.3 Å². The number of halogens is 4. The molecule has 0 aliphatic heterocycles. The van der Waals surface area contributed by atoms with Crippen molar-refractivity contribution in [3.8, 4) is 5.75 Å². The summed E-state index contributed by atoms with van der Waals surface area (Å²) in [5, 5.41) is 13.4. The van der Waals surface area contributed by atoms with E-state index in [-0.39, 0.29) is 22.2 Å². The molecule has 0 radical (unpaired) electrons. The smallest absolute Gasteiger partial charge is 0.478 e. The van der Waals surface area contributed by atoms with Gasteiger partial charge in [0.05, 0.1) is 5.02 Å². The minimum Gasteiger partial charge on any atom is -0.478 e. The van der Waals surface area contributed by atoms with Crippen LogP contribution in [-0.4, -0.2) is 27.0 Å². The first-order chi connectivity index (χ1) is 15.2. The number of carbonyl (C=O) groups is 1. The lowest BCUT2D eigenvalue weighted by Gasteiger charge is -2.12. The predicted molar refractivity (Wildman–Crippen MR) is 114 cm³/mol. The van der Waals surface area contributed by atoms with Crippen LogP contribution in [0.1, 0.15) is 15.9 Å². The van der Waals surface area contributed by atoms with Gasteiger partial charge < -0.3 is 19.7 Å². The van der Waals surface area contributed by atoms with Crippen LogP contribution in [0.15, 0.2) is 67.0 Å². The van der Waals surface area contributed by atoms with Gasteiger partial charge in [-0.15, -0.1) is 13.2 Å². The highest BCUT2D eigenvalue weighted by molar-refractivity contribution is 6.30. The summed E-state index contributed by atoms with van der Waals surface area (Å²) in [6.07, 6.45) is -1.58. The largest absolute Gasteiger partial charge is 0.573 e. The second kappa shape index (κ2) is 8.43. The Labute approximate surface area is 184 Å². The summed E-state index contributed by atoms with van der Waals surface area (Å²) in [5.74, 6) is -1.28. The predicted octanol–water partition coefficient (Wildman–Crippen LogP) is 6.08. The topological polar surface area (TPSA) is 76.4 Å². The van der Waals surface area contributed by atoms with Gasteiger partial charge in [-0.25, -0.2) is 9.78 Å². The molecule has 0 saturated carbocycles. The lowest BCUT2D eigenvalue weighted by molar-refractivity contribution is -0.274. The van der Waals surface area contributed by atoms with Crippen molar-refractivity contribution in [2.45, 2.75) is 12.9 Å². The van der Waals surface area contributed by atoms with Crippen LogP contribution in [-0.2, 0) is 6.54 Å². The Kier molecular flexibility index (Phi) is 5.67. The van der Waals surface area contributed by atoms with E-state index in [4.69, 9.17) is 11.6 Å². The van der Waals surface area contributed by atoms with E-state index in [0.29, 0.717) is 17.8 Å². The van der Waals surface area contributed by atoms with Crippen LogP contribution in [0.2, 0.25) is 5.02 Å². The summed E-state index contributed by atoms with van der Waals surface area (Å²) >= 11 is 5.83. The van der Waals surface area contributed by atoms with Crippen LogP contribution in [0.4, 0.5) is 24.7 Å². The van der Waals surface area contributed by atoms with E-state index in [1.165, 1.54) is 30.5 Å². The summed E-state index contributed by atoms with van der Waals surface area (Å²) in [6, 6.07) is 14.4. The number of nitrogens with zero attached hydrogens (tertiary/aromatic N) is 2. The molecule has 0 amide bonds. The van der Waals surface area contributed by atoms with Gasteiger partial charge in [0, 0.05) is 35.5 Å². The SMILES string of the molecule is O=C(O)c1cc(Cl)cnc1Nc1ccc2c(ccn2Cc2cccc(OC(F)(F)F)c2)c1. The highest BCUT2D eigenvalue weighted by Crippen LogP contribution is 2.27. The van der Waals surface area contributed by atoms with Crippen molar-refractivity contribution in [2.75, 3.05) is 5.32 Å². The number of fused-ring (bicyclic) bond motifs is 1. The number of pyridine rings is 1. The van der Waals surface area contributed by atoms with E-state index in [9.17, 15) is 23.1 Å². The average molecular weight is 462 g/mol. The van der Waals surface area contributed by atoms with Crippen molar-refractivity contribution in [1.82, 2.24) is 9.55 Å². The van der Waals surface area contributed by atoms with Crippen molar-refractivity contribution in [1.29, 1.82) is 0 Å². The van der Waals surface area contributed by atoms with Gasteiger partial charge in [0.2, 0.25) is 0 Å². The maximum Gasteiger partial charge on any atom is 0.573 e. The fourth-order valence-electron chi connectivity index (χ4n) is 3.29. The van der Waals surface area contributed by atoms with E-state index in [1.54, 1.807) is 12.1 Å². The number of carboxylic acids is 1. The third kappa shape index (κ3) is 4.94. The second-order valence-corrected chi connectivity index (χ2v) is 7.33. The van der Waals surface area contributed by atoms with Crippen LogP contribution in [0.3, 0.4) is 0 Å². The molecular weight excluding hydrogens is 447 g/mol. The minimum absolute atomic E-state index is 0.0591. The third-order valence-electron chi connectivity index (χ3n) is 4.60. The summed E-state index contributed by atoms with van der Waals surface area (Å²) in [7, 11) is 0. The van der Waals surface area contributed by atoms with Gasteiger partial charge in [-0.1, -0.05) is 23.7 Å². The number of anilines is 2. The Bertz CT molecular complexity index is 1300. The quantitative estimate of drug-likeness (QED) is 0.364. The average Bonchev–Trinajstić information content (AvgIpc) is 3.10. The molecule has 0 fully saturated rings. The van der Waals surface area contributed by atoms with Crippen molar-refractivity contribution >= 4 is 40.0 Å². The molecule has 2 aromatic heterocycles. The van der Waals surface area contributed by atoms with Crippen LogP contribution in [0.5, 0.6) is 5.75 Å². The molecule has 0 bridgehead atoms. The summed E-state index contributed by atoms with van der Waals surface area (Å²) in [4.78, 5) is 15.5. The van der Waals surface area contributed by atoms with Gasteiger partial charge in [0.15, 0.2) is 0 Å². The van der Waals surface area contributed by atoms with Gasteiger partial charge in [0.25, 0.3) is 0 Å². The fourth-order valence-corrected chi connectivity index (χ4v) is 3.45. The van der Waals surface area contributed by atoms with Gasteiger partial charge in [0.1, 0.15) is 17.1 Å². The first kappa shape index (κ1) is 21.5. The molecule has 10 heteroatoms. The number of aromatic nitrogens is 2. The third-order valence-corrected chi connectivity index (χ3v) is 4.81. The molecular formula is C22H15ClF3N3O3. The highest BCUT2D eigenvalue weighted by atomic mass is 35.5. The zero-order valence-corrected chi connectivity index (χ0v) is 17.0. The van der Waals surface area contributed by atoms with Gasteiger partial charge in [-0.2, -0.15) is 0 Å². The van der Waals surface area contributed by atoms with E-state index >= 15 is 0 Å². The second-order valence-electron chi connectivity index (χ2n) is 6.89. The standard InChI is InChI=1S/C22H15ClF3N3O3/c23-15-10-18(21(30)31)20(27-11-15)28-16-4-5-19-14(9-16)6-7-29(19)12-13-2-1-3-17(8-13)32-22(24,25)26/h1-11H,12H2,(H,27,28)(H,30,31). The van der Waals surface area contributed by atoms with E-state index in [1.807, 2.05) is 29.0 Å². The zero-order valence-electron chi connectivity index (χ0n) is 16.2. The molecule has 0 atom stereocenters. The number of aromatic carboxylic acids is 1. The van der Waals surface area contributed by atoms with Gasteiger partial charge >= 0.3 is 12.3 Å². The first-order valence-corrected chi connectivity index (χ1v) is 9.65. The summed E-state index contributed by atoms with van der Waals surface area (Å²) < 4.78 is 43.3. The molecule has 2 N–H and O–H groups in total. The Hall–Kier alpha value is -3.72. The van der Waals surface area contributed by atoms with Crippen molar-refractivity contribution in [2.24, 2.45) is 0 Å². The van der Waals surface area contributed by atoms with Crippen LogP contribution in [0, 0.1) is 0 Å². The first-order valence-electron chi connectivity index (χ1n) is 9.27. The molecule has 164 valence electrons.